The second kappa shape index (κ2) is 4.04. The van der Waals surface area contributed by atoms with E-state index in [1.54, 1.807) is 0 Å². The molecule has 0 atom stereocenters. The molecule has 0 fully saturated rings. The molecule has 1 aromatic rings. The van der Waals surface area contributed by atoms with Gasteiger partial charge >= 0.3 is 0 Å². The molecule has 0 radical (unpaired) electrons. The monoisotopic (exact) mass is 245 g/mol. The molecular formula is C8H8ClN3O2S. The maximum absolute atomic E-state index is 11.2. The van der Waals surface area contributed by atoms with E-state index < -0.39 is 10.0 Å². The fourth-order valence-corrected chi connectivity index (χ4v) is 1.54. The second-order valence-corrected chi connectivity index (χ2v) is 5.32. The summed E-state index contributed by atoms with van der Waals surface area (Å²) < 4.78 is 23.4. The Balaban J connectivity index is 3.34. The lowest BCUT2D eigenvalue weighted by molar-refractivity contribution is 0.600. The third-order valence-electron chi connectivity index (χ3n) is 1.75. The maximum Gasteiger partial charge on any atom is 0.233 e. The molecule has 0 amide bonds. The molecule has 0 aromatic carbocycles. The molecular weight excluding hydrogens is 238 g/mol. The van der Waals surface area contributed by atoms with Crippen molar-refractivity contribution in [2.24, 2.45) is 0 Å². The molecule has 0 N–H and O–H groups in total. The zero-order valence-corrected chi connectivity index (χ0v) is 9.67. The van der Waals surface area contributed by atoms with Crippen LogP contribution in [0.3, 0.4) is 0 Å². The predicted molar refractivity (Wildman–Crippen MR) is 57.2 cm³/mol. The molecule has 0 aliphatic heterocycles. The summed E-state index contributed by atoms with van der Waals surface area (Å²) in [7, 11) is -2.10. The predicted octanol–water partition coefficient (Wildman–Crippen LogP) is 1.00. The minimum atomic E-state index is -3.42. The van der Waals surface area contributed by atoms with E-state index in [4.69, 9.17) is 16.9 Å². The van der Waals surface area contributed by atoms with Gasteiger partial charge in [-0.1, -0.05) is 11.6 Å². The largest absolute Gasteiger partial charge is 0.256 e. The zero-order chi connectivity index (χ0) is 11.6. The molecule has 0 spiro atoms. The van der Waals surface area contributed by atoms with E-state index in [0.717, 1.165) is 10.6 Å². The molecule has 0 unspecified atom stereocenters. The van der Waals surface area contributed by atoms with E-state index in [0.29, 0.717) is 0 Å². The van der Waals surface area contributed by atoms with Gasteiger partial charge in [0.05, 0.1) is 16.8 Å². The fraction of sp³-hybridized carbons (Fsp3) is 0.250. The van der Waals surface area contributed by atoms with Crippen molar-refractivity contribution in [1.82, 2.24) is 4.98 Å². The van der Waals surface area contributed by atoms with Crippen LogP contribution in [-0.2, 0) is 10.0 Å². The van der Waals surface area contributed by atoms with E-state index in [9.17, 15) is 8.42 Å². The molecule has 1 heterocycles. The number of hydrogen-bond donors (Lipinski definition) is 0. The van der Waals surface area contributed by atoms with Crippen LogP contribution in [0.1, 0.15) is 5.56 Å². The minimum Gasteiger partial charge on any atom is -0.256 e. The Morgan fingerprint density at radius 2 is 2.20 bits per heavy atom. The Morgan fingerprint density at radius 3 is 2.67 bits per heavy atom. The SMILES string of the molecule is CN(c1ncc(Cl)cc1C#N)S(C)(=O)=O. The lowest BCUT2D eigenvalue weighted by Crippen LogP contribution is -2.26. The van der Waals surface area contributed by atoms with Crippen LogP contribution in [0.15, 0.2) is 12.3 Å². The molecule has 0 aliphatic carbocycles. The van der Waals surface area contributed by atoms with Crippen LogP contribution in [-0.4, -0.2) is 26.7 Å². The van der Waals surface area contributed by atoms with Crippen molar-refractivity contribution in [2.45, 2.75) is 0 Å². The molecule has 5 nitrogen and oxygen atoms in total. The molecule has 1 aromatic heterocycles. The number of sulfonamides is 1. The highest BCUT2D eigenvalue weighted by Crippen LogP contribution is 2.20. The molecule has 80 valence electrons. The molecule has 15 heavy (non-hydrogen) atoms. The van der Waals surface area contributed by atoms with Gasteiger partial charge < -0.3 is 0 Å². The Bertz CT molecular complexity index is 521. The first-order chi connectivity index (χ1) is 6.86. The lowest BCUT2D eigenvalue weighted by atomic mass is 10.3. The first-order valence-electron chi connectivity index (χ1n) is 3.86. The highest BCUT2D eigenvalue weighted by atomic mass is 35.5. The van der Waals surface area contributed by atoms with Crippen LogP contribution in [0.4, 0.5) is 5.82 Å². The third kappa shape index (κ3) is 2.58. The maximum atomic E-state index is 11.2. The normalized spacial score (nSPS) is 10.8. The van der Waals surface area contributed by atoms with E-state index in [1.807, 2.05) is 6.07 Å². The molecule has 7 heteroatoms. The summed E-state index contributed by atoms with van der Waals surface area (Å²) in [4.78, 5) is 3.81. The van der Waals surface area contributed by atoms with Gasteiger partial charge in [-0.15, -0.1) is 0 Å². The highest BCUT2D eigenvalue weighted by Gasteiger charge is 2.17. The number of hydrogen-bond acceptors (Lipinski definition) is 4. The van der Waals surface area contributed by atoms with Crippen LogP contribution < -0.4 is 4.31 Å². The van der Waals surface area contributed by atoms with Crippen molar-refractivity contribution < 1.29 is 8.42 Å². The van der Waals surface area contributed by atoms with Gasteiger partial charge in [0.15, 0.2) is 5.82 Å². The highest BCUT2D eigenvalue weighted by molar-refractivity contribution is 7.92. The van der Waals surface area contributed by atoms with Gasteiger partial charge in [0.1, 0.15) is 6.07 Å². The molecule has 0 saturated carbocycles. The number of nitriles is 1. The fourth-order valence-electron chi connectivity index (χ4n) is 0.922. The third-order valence-corrected chi connectivity index (χ3v) is 3.12. The van der Waals surface area contributed by atoms with Crippen LogP contribution in [0.5, 0.6) is 0 Å². The van der Waals surface area contributed by atoms with Gasteiger partial charge in [0.25, 0.3) is 0 Å². The van der Waals surface area contributed by atoms with Crippen molar-refractivity contribution in [3.05, 3.63) is 22.8 Å². The molecule has 0 saturated heterocycles. The zero-order valence-electron chi connectivity index (χ0n) is 8.10. The topological polar surface area (TPSA) is 74.1 Å². The summed E-state index contributed by atoms with van der Waals surface area (Å²) in [6, 6.07) is 3.20. The van der Waals surface area contributed by atoms with E-state index in [-0.39, 0.29) is 16.4 Å². The Hall–Kier alpha value is -1.32. The number of pyridine rings is 1. The van der Waals surface area contributed by atoms with E-state index in [1.165, 1.54) is 19.3 Å². The number of rotatable bonds is 2. The Labute approximate surface area is 93.0 Å². The van der Waals surface area contributed by atoms with Crippen molar-refractivity contribution >= 4 is 27.4 Å². The molecule has 1 rings (SSSR count). The average Bonchev–Trinajstić information content (AvgIpc) is 2.15. The summed E-state index contributed by atoms with van der Waals surface area (Å²) >= 11 is 5.63. The summed E-state index contributed by atoms with van der Waals surface area (Å²) in [5.41, 5.74) is 0.121. The number of nitrogens with zero attached hydrogens (tertiary/aromatic N) is 3. The summed E-state index contributed by atoms with van der Waals surface area (Å²) in [5, 5.41) is 9.08. The van der Waals surface area contributed by atoms with E-state index in [2.05, 4.69) is 4.98 Å². The van der Waals surface area contributed by atoms with Gasteiger partial charge in [-0.05, 0) is 6.07 Å². The van der Waals surface area contributed by atoms with Crippen molar-refractivity contribution in [2.75, 3.05) is 17.6 Å². The molecule has 0 aliphatic rings. The summed E-state index contributed by atoms with van der Waals surface area (Å²) in [6.45, 7) is 0. The van der Waals surface area contributed by atoms with Crippen molar-refractivity contribution in [3.63, 3.8) is 0 Å². The lowest BCUT2D eigenvalue weighted by Gasteiger charge is -2.16. The van der Waals surface area contributed by atoms with Gasteiger partial charge in [0.2, 0.25) is 10.0 Å². The van der Waals surface area contributed by atoms with Crippen molar-refractivity contribution in [3.8, 4) is 6.07 Å². The van der Waals surface area contributed by atoms with Gasteiger partial charge in [0, 0.05) is 13.2 Å². The minimum absolute atomic E-state index is 0.0735. The van der Waals surface area contributed by atoms with Crippen LogP contribution in [0.2, 0.25) is 5.02 Å². The second-order valence-electron chi connectivity index (χ2n) is 2.87. The van der Waals surface area contributed by atoms with E-state index >= 15 is 0 Å². The Kier molecular flexibility index (Phi) is 3.17. The van der Waals surface area contributed by atoms with Crippen molar-refractivity contribution in [1.29, 1.82) is 5.26 Å². The van der Waals surface area contributed by atoms with Gasteiger partial charge in [-0.2, -0.15) is 5.26 Å². The molecule has 0 bridgehead atoms. The average molecular weight is 246 g/mol. The number of anilines is 1. The van der Waals surface area contributed by atoms with Gasteiger partial charge in [-0.25, -0.2) is 13.4 Å². The first-order valence-corrected chi connectivity index (χ1v) is 6.08. The van der Waals surface area contributed by atoms with Gasteiger partial charge in [-0.3, -0.25) is 4.31 Å². The number of aromatic nitrogens is 1. The number of halogens is 1. The summed E-state index contributed by atoms with van der Waals surface area (Å²) in [6.07, 6.45) is 2.32. The summed E-state index contributed by atoms with van der Waals surface area (Å²) in [5.74, 6) is 0.0735. The van der Waals surface area contributed by atoms with Crippen LogP contribution in [0, 0.1) is 11.3 Å². The quantitative estimate of drug-likeness (QED) is 0.779. The first kappa shape index (κ1) is 11.8. The van der Waals surface area contributed by atoms with Crippen LogP contribution >= 0.6 is 11.6 Å². The Morgan fingerprint density at radius 1 is 1.60 bits per heavy atom. The standard InChI is InChI=1S/C8H8ClN3O2S/c1-12(15(2,13)14)8-6(4-10)3-7(9)5-11-8/h3,5H,1-2H3. The smallest absolute Gasteiger partial charge is 0.233 e. The van der Waals surface area contributed by atoms with Crippen LogP contribution in [0.25, 0.3) is 0 Å².